The van der Waals surface area contributed by atoms with Gasteiger partial charge in [0.05, 0.1) is 10.2 Å². The molecule has 12 heavy (non-hydrogen) atoms. The summed E-state index contributed by atoms with van der Waals surface area (Å²) in [6.45, 7) is 1.90. The summed E-state index contributed by atoms with van der Waals surface area (Å²) in [5.74, 6) is 0. The van der Waals surface area contributed by atoms with Crippen LogP contribution in [0.5, 0.6) is 0 Å². The summed E-state index contributed by atoms with van der Waals surface area (Å²) in [5, 5.41) is 2.31. The first-order chi connectivity index (χ1) is 5.68. The van der Waals surface area contributed by atoms with Gasteiger partial charge in [-0.05, 0) is 17.9 Å². The first-order valence-electron chi connectivity index (χ1n) is 3.32. The summed E-state index contributed by atoms with van der Waals surface area (Å²) in [4.78, 5) is 17.2. The third-order valence-corrected chi connectivity index (χ3v) is 3.07. The van der Waals surface area contributed by atoms with E-state index in [1.807, 2.05) is 12.3 Å². The molecule has 5 heteroatoms. The zero-order valence-electron chi connectivity index (χ0n) is 6.22. The number of hydrogen-bond acceptors (Lipinski definition) is 3. The zero-order valence-corrected chi connectivity index (χ0v) is 7.79. The molecule has 0 aliphatic carbocycles. The molecular formula is C7H5ClN2OS. The van der Waals surface area contributed by atoms with Gasteiger partial charge in [0.2, 0.25) is 0 Å². The molecule has 0 aromatic carbocycles. The fourth-order valence-corrected chi connectivity index (χ4v) is 2.20. The first-order valence-corrected chi connectivity index (χ1v) is 4.58. The number of H-pyrrole nitrogens is 1. The van der Waals surface area contributed by atoms with Crippen molar-refractivity contribution >= 4 is 33.2 Å². The smallest absolute Gasteiger partial charge is 0.295 e. The fraction of sp³-hybridized carbons (Fsp3) is 0.143. The van der Waals surface area contributed by atoms with Crippen molar-refractivity contribution in [3.8, 4) is 0 Å². The number of nitrogens with one attached hydrogen (secondary N) is 1. The number of rotatable bonds is 0. The maximum atomic E-state index is 10.9. The summed E-state index contributed by atoms with van der Waals surface area (Å²) in [6, 6.07) is 0. The number of fused-ring (bicyclic) bond motifs is 1. The highest BCUT2D eigenvalue weighted by Gasteiger charge is 2.06. The Bertz CT molecular complexity index is 488. The van der Waals surface area contributed by atoms with Gasteiger partial charge in [-0.1, -0.05) is 11.6 Å². The van der Waals surface area contributed by atoms with E-state index in [4.69, 9.17) is 11.6 Å². The third-order valence-electron chi connectivity index (χ3n) is 1.57. The number of hydrogen-bond donors (Lipinski definition) is 1. The van der Waals surface area contributed by atoms with Crippen LogP contribution in [0.3, 0.4) is 0 Å². The average Bonchev–Trinajstić information content (AvgIpc) is 2.33. The van der Waals surface area contributed by atoms with Crippen LogP contribution in [0.1, 0.15) is 5.56 Å². The second-order valence-corrected chi connectivity index (χ2v) is 3.71. The molecule has 0 spiro atoms. The van der Waals surface area contributed by atoms with E-state index < -0.39 is 5.69 Å². The van der Waals surface area contributed by atoms with E-state index >= 15 is 0 Å². The van der Waals surface area contributed by atoms with Crippen LogP contribution >= 0.6 is 22.9 Å². The van der Waals surface area contributed by atoms with E-state index in [-0.39, 0.29) is 0 Å². The van der Waals surface area contributed by atoms with E-state index in [0.29, 0.717) is 10.7 Å². The van der Waals surface area contributed by atoms with Crippen molar-refractivity contribution in [3.05, 3.63) is 26.6 Å². The number of aromatic nitrogens is 2. The van der Waals surface area contributed by atoms with Crippen LogP contribution in [0.4, 0.5) is 0 Å². The minimum absolute atomic E-state index is 0.378. The van der Waals surface area contributed by atoms with Crippen molar-refractivity contribution < 1.29 is 0 Å². The van der Waals surface area contributed by atoms with E-state index in [0.717, 1.165) is 10.3 Å². The predicted octanol–water partition coefficient (Wildman–Crippen LogP) is 1.95. The first kappa shape index (κ1) is 7.76. The molecule has 2 heterocycles. The van der Waals surface area contributed by atoms with Gasteiger partial charge in [0, 0.05) is 0 Å². The summed E-state index contributed by atoms with van der Waals surface area (Å²) in [7, 11) is 0. The standard InChI is InChI=1S/C7H5ClN2OS/c1-3-2-12-5-4(3)9-7(11)10-6(5)8/h2H,1H3,(H,9,10,11). The lowest BCUT2D eigenvalue weighted by atomic mass is 10.3. The monoisotopic (exact) mass is 200 g/mol. The van der Waals surface area contributed by atoms with Gasteiger partial charge < -0.3 is 0 Å². The van der Waals surface area contributed by atoms with Crippen LogP contribution in [0.2, 0.25) is 5.15 Å². The molecule has 2 aromatic heterocycles. The van der Waals surface area contributed by atoms with E-state index in [1.54, 1.807) is 0 Å². The highest BCUT2D eigenvalue weighted by Crippen LogP contribution is 2.26. The Morgan fingerprint density at radius 3 is 3.17 bits per heavy atom. The summed E-state index contributed by atoms with van der Waals surface area (Å²) in [5.41, 5.74) is 1.30. The molecule has 0 aliphatic rings. The molecule has 0 amide bonds. The van der Waals surface area contributed by atoms with Crippen LogP contribution < -0.4 is 5.69 Å². The van der Waals surface area contributed by atoms with Crippen LogP contribution in [0, 0.1) is 6.92 Å². The Labute approximate surface area is 77.0 Å². The second-order valence-electron chi connectivity index (χ2n) is 2.45. The van der Waals surface area contributed by atoms with E-state index in [9.17, 15) is 4.79 Å². The van der Waals surface area contributed by atoms with Gasteiger partial charge in [-0.25, -0.2) is 4.79 Å². The Balaban J connectivity index is 3.02. The van der Waals surface area contributed by atoms with Gasteiger partial charge in [0.1, 0.15) is 5.15 Å². The lowest BCUT2D eigenvalue weighted by Crippen LogP contribution is -2.09. The quantitative estimate of drug-likeness (QED) is 0.661. The van der Waals surface area contributed by atoms with Crippen molar-refractivity contribution in [3.63, 3.8) is 0 Å². The van der Waals surface area contributed by atoms with Crippen LogP contribution in [-0.2, 0) is 0 Å². The Morgan fingerprint density at radius 1 is 1.67 bits per heavy atom. The summed E-state index contributed by atoms with van der Waals surface area (Å²) >= 11 is 7.28. The molecule has 0 unspecified atom stereocenters. The normalized spacial score (nSPS) is 10.8. The largest absolute Gasteiger partial charge is 0.346 e. The molecule has 0 bridgehead atoms. The number of thiophene rings is 1. The number of halogens is 1. The predicted molar refractivity (Wildman–Crippen MR) is 50.0 cm³/mol. The highest BCUT2D eigenvalue weighted by molar-refractivity contribution is 7.18. The Kier molecular flexibility index (Phi) is 1.66. The lowest BCUT2D eigenvalue weighted by Gasteiger charge is -1.91. The molecule has 0 aliphatic heterocycles. The van der Waals surface area contributed by atoms with Gasteiger partial charge in [-0.15, -0.1) is 11.3 Å². The van der Waals surface area contributed by atoms with Gasteiger partial charge in [-0.3, -0.25) is 4.98 Å². The Hall–Kier alpha value is -0.870. The lowest BCUT2D eigenvalue weighted by molar-refractivity contribution is 1.12. The fourth-order valence-electron chi connectivity index (χ4n) is 1.01. The summed E-state index contributed by atoms with van der Waals surface area (Å²) in [6.07, 6.45) is 0. The second kappa shape index (κ2) is 2.57. The van der Waals surface area contributed by atoms with Gasteiger partial charge in [0.25, 0.3) is 0 Å². The zero-order chi connectivity index (χ0) is 8.72. The molecule has 3 nitrogen and oxygen atoms in total. The SMILES string of the molecule is Cc1csc2c(Cl)[nH]c(=O)nc12. The third kappa shape index (κ3) is 1.04. The van der Waals surface area contributed by atoms with Crippen molar-refractivity contribution in [1.29, 1.82) is 0 Å². The van der Waals surface area contributed by atoms with Gasteiger partial charge in [0.15, 0.2) is 0 Å². The highest BCUT2D eigenvalue weighted by atomic mass is 35.5. The molecule has 0 saturated heterocycles. The minimum Gasteiger partial charge on any atom is -0.295 e. The number of aromatic amines is 1. The molecule has 0 fully saturated rings. The molecule has 0 atom stereocenters. The van der Waals surface area contributed by atoms with Crippen molar-refractivity contribution in [2.45, 2.75) is 6.92 Å². The minimum atomic E-state index is -0.394. The maximum Gasteiger partial charge on any atom is 0.346 e. The van der Waals surface area contributed by atoms with E-state index in [1.165, 1.54) is 11.3 Å². The topological polar surface area (TPSA) is 45.8 Å². The number of nitrogens with zero attached hydrogens (tertiary/aromatic N) is 1. The van der Waals surface area contributed by atoms with Gasteiger partial charge >= 0.3 is 5.69 Å². The molecule has 2 rings (SSSR count). The average molecular weight is 201 g/mol. The van der Waals surface area contributed by atoms with Crippen molar-refractivity contribution in [2.24, 2.45) is 0 Å². The molecule has 2 aromatic rings. The van der Waals surface area contributed by atoms with Crippen LogP contribution in [0.15, 0.2) is 10.2 Å². The summed E-state index contributed by atoms with van der Waals surface area (Å²) < 4.78 is 0.841. The molecule has 0 saturated carbocycles. The molecular weight excluding hydrogens is 196 g/mol. The molecule has 1 N–H and O–H groups in total. The van der Waals surface area contributed by atoms with E-state index in [2.05, 4.69) is 9.97 Å². The van der Waals surface area contributed by atoms with Crippen molar-refractivity contribution in [2.75, 3.05) is 0 Å². The van der Waals surface area contributed by atoms with Gasteiger partial charge in [-0.2, -0.15) is 4.98 Å². The maximum absolute atomic E-state index is 10.9. The van der Waals surface area contributed by atoms with Crippen LogP contribution in [-0.4, -0.2) is 9.97 Å². The Morgan fingerprint density at radius 2 is 2.42 bits per heavy atom. The molecule has 62 valence electrons. The number of aryl methyl sites for hydroxylation is 1. The van der Waals surface area contributed by atoms with Crippen LogP contribution in [0.25, 0.3) is 10.2 Å². The molecule has 0 radical (unpaired) electrons. The van der Waals surface area contributed by atoms with Crippen molar-refractivity contribution in [1.82, 2.24) is 9.97 Å².